The van der Waals surface area contributed by atoms with Crippen molar-refractivity contribution in [2.75, 3.05) is 0 Å². The number of allylic oxidation sites excluding steroid dienone is 8. The summed E-state index contributed by atoms with van der Waals surface area (Å²) in [7, 11) is 0. The van der Waals surface area contributed by atoms with Crippen LogP contribution in [-0.4, -0.2) is 0 Å². The van der Waals surface area contributed by atoms with E-state index in [0.29, 0.717) is 0 Å². The molecule has 0 saturated heterocycles. The summed E-state index contributed by atoms with van der Waals surface area (Å²) in [5.74, 6) is 0. The van der Waals surface area contributed by atoms with Crippen LogP contribution in [0, 0.1) is 13.8 Å². The largest absolute Gasteiger partial charge is 1.00 e. The molecular formula is C28H30Cl2Zr. The van der Waals surface area contributed by atoms with Crippen molar-refractivity contribution in [3.8, 4) is 0 Å². The molecule has 2 aromatic rings. The summed E-state index contributed by atoms with van der Waals surface area (Å²) < 4.78 is 0.189. The van der Waals surface area contributed by atoms with E-state index in [1.807, 2.05) is 0 Å². The summed E-state index contributed by atoms with van der Waals surface area (Å²) in [6.07, 6.45) is 17.2. The Morgan fingerprint density at radius 3 is 1.26 bits per heavy atom. The van der Waals surface area contributed by atoms with Crippen LogP contribution >= 0.6 is 0 Å². The van der Waals surface area contributed by atoms with Gasteiger partial charge in [0.15, 0.2) is 0 Å². The van der Waals surface area contributed by atoms with Crippen LogP contribution in [0.4, 0.5) is 0 Å². The monoisotopic (exact) mass is 526 g/mol. The Labute approximate surface area is 212 Å². The molecule has 2 unspecified atom stereocenters. The van der Waals surface area contributed by atoms with E-state index >= 15 is 0 Å². The zero-order valence-corrected chi connectivity index (χ0v) is 22.7. The van der Waals surface area contributed by atoms with Gasteiger partial charge in [-0.3, -0.25) is 0 Å². The molecule has 0 heterocycles. The molecule has 0 saturated carbocycles. The van der Waals surface area contributed by atoms with Gasteiger partial charge in [-0.05, 0) is 0 Å². The molecule has 0 amide bonds. The predicted octanol–water partition coefficient (Wildman–Crippen LogP) is 1.30. The first kappa shape index (κ1) is 26.1. The third kappa shape index (κ3) is 5.27. The molecule has 0 fully saturated rings. The van der Waals surface area contributed by atoms with Gasteiger partial charge in [-0.1, -0.05) is 0 Å². The fourth-order valence-electron chi connectivity index (χ4n) is 4.35. The Hall–Kier alpha value is -1.14. The van der Waals surface area contributed by atoms with Crippen LogP contribution < -0.4 is 24.8 Å². The van der Waals surface area contributed by atoms with Crippen molar-refractivity contribution in [3.63, 3.8) is 0 Å². The smallest absolute Gasteiger partial charge is 1.00 e. The Balaban J connectivity index is 0.00000171. The van der Waals surface area contributed by atoms with Crippen LogP contribution in [0.2, 0.25) is 0 Å². The first-order chi connectivity index (χ1) is 14.0. The SMILES string of the molecule is CCC1=C[C]([Zr+2][C]2(c3ccc(C)cc3)C=CC(CC)=C2)(c2ccc(C)cc2)C=C1.[Cl-].[Cl-]. The Bertz CT molecular complexity index is 928. The van der Waals surface area contributed by atoms with Gasteiger partial charge in [0.05, 0.1) is 0 Å². The summed E-state index contributed by atoms with van der Waals surface area (Å²) >= 11 is -1.06. The van der Waals surface area contributed by atoms with E-state index in [-0.39, 0.29) is 31.1 Å². The second-order valence-electron chi connectivity index (χ2n) is 8.41. The number of benzene rings is 2. The van der Waals surface area contributed by atoms with E-state index in [1.165, 1.54) is 33.4 Å². The molecule has 0 N–H and O–H groups in total. The molecular weight excluding hydrogens is 498 g/mol. The van der Waals surface area contributed by atoms with E-state index < -0.39 is 23.2 Å². The van der Waals surface area contributed by atoms with Gasteiger partial charge >= 0.3 is 188 Å². The van der Waals surface area contributed by atoms with E-state index in [4.69, 9.17) is 0 Å². The van der Waals surface area contributed by atoms with Gasteiger partial charge in [-0.2, -0.15) is 0 Å². The zero-order valence-electron chi connectivity index (χ0n) is 18.8. The number of rotatable bonds is 6. The van der Waals surface area contributed by atoms with Crippen LogP contribution in [-0.2, 0) is 29.5 Å². The molecule has 160 valence electrons. The molecule has 2 atom stereocenters. The third-order valence-corrected chi connectivity index (χ3v) is 11.2. The van der Waals surface area contributed by atoms with Crippen molar-refractivity contribution in [2.24, 2.45) is 0 Å². The molecule has 2 aromatic carbocycles. The first-order valence-corrected chi connectivity index (χ1v) is 13.2. The molecule has 31 heavy (non-hydrogen) atoms. The quantitative estimate of drug-likeness (QED) is 0.531. The number of hydrogen-bond donors (Lipinski definition) is 0. The molecule has 0 spiro atoms. The normalized spacial score (nSPS) is 23.5. The Morgan fingerprint density at radius 2 is 0.968 bits per heavy atom. The van der Waals surface area contributed by atoms with E-state index in [9.17, 15) is 0 Å². The standard InChI is InChI=1S/2C14H15.2ClH.Zr/c2*1-3-12-6-9-14(10-12)13-7-4-11(2)5-8-13;;;/h2*4-10H,3H2,1-2H3;2*1H;/q;;;;+2/p-2. The average molecular weight is 529 g/mol. The van der Waals surface area contributed by atoms with Crippen molar-refractivity contribution >= 4 is 0 Å². The summed E-state index contributed by atoms with van der Waals surface area (Å²) in [5.41, 5.74) is 8.55. The van der Waals surface area contributed by atoms with E-state index in [2.05, 4.69) is 113 Å². The summed E-state index contributed by atoms with van der Waals surface area (Å²) in [5, 5.41) is 0. The number of hydrogen-bond acceptors (Lipinski definition) is 0. The fraction of sp³-hybridized carbons (Fsp3) is 0.286. The van der Waals surface area contributed by atoms with Crippen molar-refractivity contribution in [3.05, 3.63) is 118 Å². The van der Waals surface area contributed by atoms with Crippen molar-refractivity contribution in [2.45, 2.75) is 46.8 Å². The van der Waals surface area contributed by atoms with Crippen molar-refractivity contribution in [1.29, 1.82) is 0 Å². The van der Waals surface area contributed by atoms with Crippen LogP contribution in [0.25, 0.3) is 0 Å². The average Bonchev–Trinajstić information content (AvgIpc) is 3.35. The van der Waals surface area contributed by atoms with E-state index in [1.54, 1.807) is 0 Å². The molecule has 0 aliphatic heterocycles. The van der Waals surface area contributed by atoms with Gasteiger partial charge in [0.25, 0.3) is 0 Å². The van der Waals surface area contributed by atoms with Gasteiger partial charge in [-0.25, -0.2) is 0 Å². The third-order valence-electron chi connectivity index (χ3n) is 6.24. The minimum absolute atomic E-state index is 0. The van der Waals surface area contributed by atoms with Crippen LogP contribution in [0.15, 0.2) is 96.1 Å². The number of halogens is 2. The zero-order chi connectivity index (χ0) is 20.5. The van der Waals surface area contributed by atoms with Crippen molar-refractivity contribution < 1.29 is 48.0 Å². The first-order valence-electron chi connectivity index (χ1n) is 10.7. The van der Waals surface area contributed by atoms with Gasteiger partial charge in [0.2, 0.25) is 0 Å². The van der Waals surface area contributed by atoms with Crippen LogP contribution in [0.5, 0.6) is 0 Å². The molecule has 0 radical (unpaired) electrons. The van der Waals surface area contributed by atoms with Gasteiger partial charge in [0, 0.05) is 0 Å². The maximum atomic E-state index is 2.59. The summed E-state index contributed by atoms with van der Waals surface area (Å²) in [6, 6.07) is 18.6. The Morgan fingerprint density at radius 1 is 0.613 bits per heavy atom. The topological polar surface area (TPSA) is 0 Å². The molecule has 4 rings (SSSR count). The number of aryl methyl sites for hydroxylation is 2. The van der Waals surface area contributed by atoms with Crippen LogP contribution in [0.1, 0.15) is 48.9 Å². The second-order valence-corrected chi connectivity index (χ2v) is 13.1. The van der Waals surface area contributed by atoms with Crippen molar-refractivity contribution in [1.82, 2.24) is 0 Å². The molecule has 0 aromatic heterocycles. The second kappa shape index (κ2) is 10.7. The minimum atomic E-state index is -1.06. The summed E-state index contributed by atoms with van der Waals surface area (Å²) in [6.45, 7) is 8.90. The van der Waals surface area contributed by atoms with E-state index in [0.717, 1.165) is 12.8 Å². The molecule has 2 aliphatic carbocycles. The molecule has 0 nitrogen and oxygen atoms in total. The van der Waals surface area contributed by atoms with Gasteiger partial charge in [0.1, 0.15) is 0 Å². The van der Waals surface area contributed by atoms with Gasteiger partial charge < -0.3 is 24.8 Å². The van der Waals surface area contributed by atoms with Crippen LogP contribution in [0.3, 0.4) is 0 Å². The maximum absolute atomic E-state index is 2.59. The Kier molecular flexibility index (Phi) is 8.98. The molecule has 3 heteroatoms. The minimum Gasteiger partial charge on any atom is -1.00 e. The predicted molar refractivity (Wildman–Crippen MR) is 121 cm³/mol. The summed E-state index contributed by atoms with van der Waals surface area (Å²) in [4.78, 5) is 0. The maximum Gasteiger partial charge on any atom is -1.00 e. The molecule has 2 aliphatic rings. The molecule has 0 bridgehead atoms. The fourth-order valence-corrected chi connectivity index (χ4v) is 9.65. The van der Waals surface area contributed by atoms with Gasteiger partial charge in [-0.15, -0.1) is 0 Å².